The summed E-state index contributed by atoms with van der Waals surface area (Å²) in [5.41, 5.74) is -0.269. The number of hydrogen-bond donors (Lipinski definition) is 1. The molecule has 5 nitrogen and oxygen atoms in total. The van der Waals surface area contributed by atoms with E-state index in [0.29, 0.717) is 0 Å². The molecule has 0 bridgehead atoms. The van der Waals surface area contributed by atoms with Crippen molar-refractivity contribution in [2.24, 2.45) is 4.99 Å². The first-order chi connectivity index (χ1) is 4.72. The Morgan fingerprint density at radius 2 is 2.50 bits per heavy atom. The number of aliphatic imine (C=N–C) groups is 1. The minimum absolute atomic E-state index is 0.00676. The van der Waals surface area contributed by atoms with Crippen molar-refractivity contribution < 1.29 is 10.0 Å². The van der Waals surface area contributed by atoms with Crippen LogP contribution in [-0.2, 0) is 0 Å². The second-order valence-electron chi connectivity index (χ2n) is 1.75. The highest BCUT2D eigenvalue weighted by molar-refractivity contribution is 5.73. The molecule has 0 aromatic carbocycles. The second kappa shape index (κ2) is 2.57. The Morgan fingerprint density at radius 1 is 1.80 bits per heavy atom. The molecule has 0 spiro atoms. The van der Waals surface area contributed by atoms with Crippen LogP contribution in [0.3, 0.4) is 0 Å². The lowest BCUT2D eigenvalue weighted by molar-refractivity contribution is -0.428. The minimum Gasteiger partial charge on any atom is -0.374 e. The van der Waals surface area contributed by atoms with E-state index in [0.717, 1.165) is 0 Å². The first kappa shape index (κ1) is 6.88. The maximum Gasteiger partial charge on any atom is 0.284 e. The van der Waals surface area contributed by atoms with Gasteiger partial charge in [-0.1, -0.05) is 0 Å². The average molecular weight is 141 g/mol. The number of rotatable bonds is 1. The van der Waals surface area contributed by atoms with Crippen LogP contribution in [0.1, 0.15) is 0 Å². The van der Waals surface area contributed by atoms with E-state index in [4.69, 9.17) is 5.11 Å². The molecule has 0 saturated heterocycles. The third kappa shape index (κ3) is 1.19. The highest BCUT2D eigenvalue weighted by Crippen LogP contribution is 2.12. The first-order valence-electron chi connectivity index (χ1n) is 2.61. The standard InChI is InChI=1S/C5H5N2O3/c8-5-3-6-2-1-4(5)7(9)10/h1-2,8H,3H2. The van der Waals surface area contributed by atoms with E-state index in [1.54, 1.807) is 0 Å². The lowest BCUT2D eigenvalue weighted by Gasteiger charge is -2.04. The highest BCUT2D eigenvalue weighted by Gasteiger charge is 2.24. The van der Waals surface area contributed by atoms with Gasteiger partial charge in [0.25, 0.3) is 5.70 Å². The largest absolute Gasteiger partial charge is 0.374 e. The number of aliphatic hydroxyl groups excluding tert-OH is 1. The summed E-state index contributed by atoms with van der Waals surface area (Å²) in [7, 11) is 0. The van der Waals surface area contributed by atoms with Crippen LogP contribution in [0.4, 0.5) is 0 Å². The first-order valence-corrected chi connectivity index (χ1v) is 2.61. The van der Waals surface area contributed by atoms with Crippen LogP contribution >= 0.6 is 0 Å². The predicted molar refractivity (Wildman–Crippen MR) is 33.6 cm³/mol. The molecular weight excluding hydrogens is 136 g/mol. The summed E-state index contributed by atoms with van der Waals surface area (Å²) in [4.78, 5) is 13.0. The minimum atomic E-state index is -0.638. The van der Waals surface area contributed by atoms with Gasteiger partial charge < -0.3 is 5.11 Å². The van der Waals surface area contributed by atoms with Gasteiger partial charge in [-0.25, -0.2) is 0 Å². The predicted octanol–water partition coefficient (Wildman–Crippen LogP) is 0.136. The highest BCUT2D eigenvalue weighted by atomic mass is 16.6. The van der Waals surface area contributed by atoms with Crippen molar-refractivity contribution in [2.45, 2.75) is 0 Å². The van der Waals surface area contributed by atoms with Crippen molar-refractivity contribution >= 4 is 6.21 Å². The summed E-state index contributed by atoms with van der Waals surface area (Å²) in [6.45, 7) is 0.00676. The van der Waals surface area contributed by atoms with Gasteiger partial charge >= 0.3 is 0 Å². The number of aliphatic hydroxyl groups is 1. The smallest absolute Gasteiger partial charge is 0.284 e. The van der Waals surface area contributed by atoms with Crippen LogP contribution in [0.2, 0.25) is 0 Å². The van der Waals surface area contributed by atoms with Crippen LogP contribution in [0.25, 0.3) is 0 Å². The topological polar surface area (TPSA) is 75.7 Å². The Balaban J connectivity index is 2.80. The summed E-state index contributed by atoms with van der Waals surface area (Å²) >= 11 is 0. The molecule has 0 saturated carbocycles. The molecule has 1 rings (SSSR count). The van der Waals surface area contributed by atoms with Gasteiger partial charge in [-0.15, -0.1) is 0 Å². The molecule has 1 N–H and O–H groups in total. The van der Waals surface area contributed by atoms with Crippen molar-refractivity contribution in [3.05, 3.63) is 28.0 Å². The number of hydrogen-bond acceptors (Lipinski definition) is 4. The van der Waals surface area contributed by atoms with Gasteiger partial charge in [0.2, 0.25) is 6.10 Å². The Labute approximate surface area is 56.8 Å². The fourth-order valence-electron chi connectivity index (χ4n) is 0.606. The van der Waals surface area contributed by atoms with Crippen molar-refractivity contribution in [1.82, 2.24) is 0 Å². The van der Waals surface area contributed by atoms with Crippen LogP contribution in [0, 0.1) is 16.2 Å². The molecule has 1 aliphatic rings. The second-order valence-corrected chi connectivity index (χ2v) is 1.75. The van der Waals surface area contributed by atoms with Crippen molar-refractivity contribution in [2.75, 3.05) is 6.54 Å². The van der Waals surface area contributed by atoms with E-state index < -0.39 is 4.92 Å². The van der Waals surface area contributed by atoms with E-state index >= 15 is 0 Å². The maximum absolute atomic E-state index is 10.1. The maximum atomic E-state index is 10.1. The summed E-state index contributed by atoms with van der Waals surface area (Å²) in [6.07, 6.45) is 2.18. The van der Waals surface area contributed by atoms with Gasteiger partial charge in [-0.3, -0.25) is 15.1 Å². The van der Waals surface area contributed by atoms with Crippen molar-refractivity contribution in [3.63, 3.8) is 0 Å². The van der Waals surface area contributed by atoms with Gasteiger partial charge in [0, 0.05) is 12.3 Å². The summed E-state index contributed by atoms with van der Waals surface area (Å²) < 4.78 is 0. The number of dihydropyridines is 1. The molecule has 0 aromatic rings. The van der Waals surface area contributed by atoms with Gasteiger partial charge in [-0.05, 0) is 0 Å². The zero-order valence-corrected chi connectivity index (χ0v) is 5.02. The van der Waals surface area contributed by atoms with E-state index in [-0.39, 0.29) is 18.3 Å². The van der Waals surface area contributed by atoms with Gasteiger partial charge in [0.1, 0.15) is 0 Å². The zero-order chi connectivity index (χ0) is 7.56. The summed E-state index contributed by atoms with van der Waals surface area (Å²) in [6, 6.07) is 0. The molecule has 0 fully saturated rings. The van der Waals surface area contributed by atoms with E-state index in [1.807, 2.05) is 0 Å². The van der Waals surface area contributed by atoms with Crippen LogP contribution < -0.4 is 0 Å². The molecular formula is C5H5N2O3. The fraction of sp³-hybridized carbons (Fsp3) is 0.200. The van der Waals surface area contributed by atoms with Crippen molar-refractivity contribution in [1.29, 1.82) is 0 Å². The van der Waals surface area contributed by atoms with E-state index in [9.17, 15) is 10.1 Å². The Morgan fingerprint density at radius 3 is 2.90 bits per heavy atom. The molecule has 1 aliphatic heterocycles. The molecule has 0 amide bonds. The third-order valence-corrected chi connectivity index (χ3v) is 1.07. The lowest BCUT2D eigenvalue weighted by atomic mass is 10.2. The third-order valence-electron chi connectivity index (χ3n) is 1.07. The fourth-order valence-corrected chi connectivity index (χ4v) is 0.606. The number of allylic oxidation sites excluding steroid dienone is 1. The Bertz CT molecular complexity index is 209. The quantitative estimate of drug-likeness (QED) is 0.416. The molecule has 1 heterocycles. The van der Waals surface area contributed by atoms with Gasteiger partial charge in [0.15, 0.2) is 0 Å². The number of nitrogens with zero attached hydrogens (tertiary/aromatic N) is 2. The van der Waals surface area contributed by atoms with Gasteiger partial charge in [0.05, 0.1) is 11.5 Å². The summed E-state index contributed by atoms with van der Waals surface area (Å²) in [5, 5.41) is 18.9. The molecule has 1 radical (unpaired) electrons. The SMILES string of the molecule is O=[N+]([O-])C1=CC=NC[C]1O. The molecule has 0 aromatic heterocycles. The number of nitro groups is 1. The van der Waals surface area contributed by atoms with Gasteiger partial charge in [-0.2, -0.15) is 0 Å². The molecule has 10 heavy (non-hydrogen) atoms. The molecule has 53 valence electrons. The van der Waals surface area contributed by atoms with E-state index in [1.165, 1.54) is 12.3 Å². The molecule has 0 atom stereocenters. The summed E-state index contributed by atoms with van der Waals surface area (Å²) in [5.74, 6) is 0. The zero-order valence-electron chi connectivity index (χ0n) is 5.02. The Kier molecular flexibility index (Phi) is 1.77. The molecule has 0 unspecified atom stereocenters. The van der Waals surface area contributed by atoms with Crippen LogP contribution in [0.15, 0.2) is 16.8 Å². The van der Waals surface area contributed by atoms with Crippen molar-refractivity contribution in [3.8, 4) is 0 Å². The molecule has 0 aliphatic carbocycles. The normalized spacial score (nSPS) is 18.7. The van der Waals surface area contributed by atoms with Crippen LogP contribution in [0.5, 0.6) is 0 Å². The average Bonchev–Trinajstić information content (AvgIpc) is 1.88. The van der Waals surface area contributed by atoms with E-state index in [2.05, 4.69) is 4.99 Å². The lowest BCUT2D eigenvalue weighted by Crippen LogP contribution is -2.15. The molecule has 5 heteroatoms. The Hall–Kier alpha value is -1.23. The monoisotopic (exact) mass is 141 g/mol. The van der Waals surface area contributed by atoms with Crippen LogP contribution in [-0.4, -0.2) is 22.8 Å².